The highest BCUT2D eigenvalue weighted by atomic mass is 32.2. The number of fused-ring (bicyclic) bond motifs is 1. The second-order valence-electron chi connectivity index (χ2n) is 7.48. The quantitative estimate of drug-likeness (QED) is 0.640. The van der Waals surface area contributed by atoms with E-state index in [4.69, 9.17) is 4.74 Å². The molecule has 2 N–H and O–H groups in total. The van der Waals surface area contributed by atoms with Crippen molar-refractivity contribution in [1.29, 1.82) is 0 Å². The van der Waals surface area contributed by atoms with Crippen LogP contribution in [0.4, 0.5) is 10.8 Å². The van der Waals surface area contributed by atoms with Gasteiger partial charge in [0.2, 0.25) is 10.0 Å². The lowest BCUT2D eigenvalue weighted by Crippen LogP contribution is -2.42. The van der Waals surface area contributed by atoms with Crippen LogP contribution in [0.3, 0.4) is 0 Å². The fourth-order valence-electron chi connectivity index (χ4n) is 3.77. The van der Waals surface area contributed by atoms with Crippen molar-refractivity contribution < 1.29 is 22.7 Å². The largest absolute Gasteiger partial charge is 0.378 e. The molecule has 1 atom stereocenters. The van der Waals surface area contributed by atoms with Crippen molar-refractivity contribution in [2.45, 2.75) is 19.4 Å². The number of amides is 2. The minimum Gasteiger partial charge on any atom is -0.378 e. The molecule has 2 amide bonds. The van der Waals surface area contributed by atoms with E-state index in [1.165, 1.54) is 21.7 Å². The van der Waals surface area contributed by atoms with Crippen LogP contribution in [0.2, 0.25) is 0 Å². The number of hydrazine groups is 1. The normalized spacial score (nSPS) is 18.6. The number of morpholine rings is 1. The zero-order valence-electron chi connectivity index (χ0n) is 17.1. The van der Waals surface area contributed by atoms with Crippen molar-refractivity contribution >= 4 is 44.0 Å². The highest BCUT2D eigenvalue weighted by Crippen LogP contribution is 2.34. The van der Waals surface area contributed by atoms with E-state index in [0.717, 1.165) is 30.0 Å². The van der Waals surface area contributed by atoms with Crippen LogP contribution in [0.25, 0.3) is 0 Å². The summed E-state index contributed by atoms with van der Waals surface area (Å²) in [5, 5.41) is 2.38. The number of carbonyl (C=O) groups is 2. The van der Waals surface area contributed by atoms with Crippen LogP contribution in [0.1, 0.15) is 33.3 Å². The highest BCUT2D eigenvalue weighted by Gasteiger charge is 2.32. The van der Waals surface area contributed by atoms with Gasteiger partial charge in [0.1, 0.15) is 5.69 Å². The topological polar surface area (TPSA) is 121 Å². The van der Waals surface area contributed by atoms with Crippen molar-refractivity contribution in [2.75, 3.05) is 41.8 Å². The Morgan fingerprint density at radius 3 is 2.61 bits per heavy atom. The zero-order chi connectivity index (χ0) is 22.2. The predicted octanol–water partition coefficient (Wildman–Crippen LogP) is 0.765. The highest BCUT2D eigenvalue weighted by molar-refractivity contribution is 7.92. The van der Waals surface area contributed by atoms with Gasteiger partial charge < -0.3 is 9.64 Å². The summed E-state index contributed by atoms with van der Waals surface area (Å²) in [7, 11) is -3.40. The van der Waals surface area contributed by atoms with E-state index in [1.807, 2.05) is 6.92 Å². The van der Waals surface area contributed by atoms with Crippen molar-refractivity contribution in [3.05, 3.63) is 40.4 Å². The number of sulfonamides is 1. The van der Waals surface area contributed by atoms with Crippen LogP contribution in [0.5, 0.6) is 0 Å². The van der Waals surface area contributed by atoms with E-state index in [1.54, 1.807) is 17.5 Å². The Morgan fingerprint density at radius 2 is 1.90 bits per heavy atom. The Hall–Kier alpha value is -2.70. The first-order valence-electron chi connectivity index (χ1n) is 9.75. The summed E-state index contributed by atoms with van der Waals surface area (Å²) in [6.45, 7) is 4.51. The number of rotatable bonds is 4. The average molecular weight is 466 g/mol. The molecule has 12 heteroatoms. The van der Waals surface area contributed by atoms with Gasteiger partial charge in [-0.05, 0) is 37.1 Å². The molecule has 1 fully saturated rings. The number of thiazole rings is 1. The van der Waals surface area contributed by atoms with Gasteiger partial charge >= 0.3 is 0 Å². The van der Waals surface area contributed by atoms with Gasteiger partial charge in [0.25, 0.3) is 11.8 Å². The molecule has 0 aliphatic carbocycles. The maximum Gasteiger partial charge on any atom is 0.289 e. The smallest absolute Gasteiger partial charge is 0.289 e. The number of nitrogens with zero attached hydrogens (tertiary/aromatic N) is 3. The third kappa shape index (κ3) is 4.50. The summed E-state index contributed by atoms with van der Waals surface area (Å²) in [6, 6.07) is 4.59. The lowest BCUT2D eigenvalue weighted by Gasteiger charge is -2.25. The van der Waals surface area contributed by atoms with Crippen LogP contribution in [-0.2, 0) is 21.2 Å². The van der Waals surface area contributed by atoms with Gasteiger partial charge in [0.15, 0.2) is 5.13 Å². The number of ether oxygens (including phenoxy) is 1. The van der Waals surface area contributed by atoms with Crippen LogP contribution >= 0.6 is 11.3 Å². The monoisotopic (exact) mass is 465 g/mol. The number of carbonyl (C=O) groups excluding carboxylic acids is 2. The molecule has 0 bridgehead atoms. The molecule has 1 aromatic carbocycles. The van der Waals surface area contributed by atoms with Crippen LogP contribution in [-0.4, -0.2) is 63.8 Å². The van der Waals surface area contributed by atoms with Crippen molar-refractivity contribution in [3.63, 3.8) is 0 Å². The maximum atomic E-state index is 12.5. The summed E-state index contributed by atoms with van der Waals surface area (Å²) in [5.41, 5.74) is 6.67. The molecule has 4 rings (SSSR count). The first-order valence-corrected chi connectivity index (χ1v) is 12.5. The molecule has 3 heterocycles. The van der Waals surface area contributed by atoms with Crippen molar-refractivity contribution in [3.8, 4) is 0 Å². The third-order valence-corrected chi connectivity index (χ3v) is 7.32. The fourth-order valence-corrected chi connectivity index (χ4v) is 5.89. The van der Waals surface area contributed by atoms with Gasteiger partial charge in [-0.1, -0.05) is 0 Å². The Kier molecular flexibility index (Phi) is 5.86. The minimum absolute atomic E-state index is 0.214. The van der Waals surface area contributed by atoms with E-state index in [9.17, 15) is 18.0 Å². The molecule has 2 aliphatic rings. The first-order chi connectivity index (χ1) is 14.7. The fraction of sp³-hybridized carbons (Fsp3) is 0.421. The van der Waals surface area contributed by atoms with Gasteiger partial charge in [0.05, 0.1) is 25.2 Å². The predicted molar refractivity (Wildman–Crippen MR) is 117 cm³/mol. The first kappa shape index (κ1) is 21.5. The standard InChI is InChI=1S/C19H23N5O5S2/c1-12-9-14-10-13(3-4-16(14)24(12)31(2,27)28)17(25)21-22-18(26)15-11-30-19(20-15)23-5-7-29-8-6-23/h3-4,10-12H,5-9H2,1-2H3,(H,21,25)(H,22,26). The molecule has 1 saturated heterocycles. The number of nitrogens with one attached hydrogen (secondary N) is 2. The number of aromatic nitrogens is 1. The lowest BCUT2D eigenvalue weighted by molar-refractivity contribution is 0.0844. The van der Waals surface area contributed by atoms with Crippen molar-refractivity contribution in [2.24, 2.45) is 0 Å². The number of hydrogen-bond acceptors (Lipinski definition) is 8. The Labute approximate surface area is 184 Å². The van der Waals surface area contributed by atoms with E-state index < -0.39 is 21.8 Å². The summed E-state index contributed by atoms with van der Waals surface area (Å²) in [5.74, 6) is -1.01. The molecule has 1 unspecified atom stereocenters. The van der Waals surface area contributed by atoms with Gasteiger partial charge in [-0.3, -0.25) is 24.7 Å². The van der Waals surface area contributed by atoms with Gasteiger partial charge in [-0.15, -0.1) is 11.3 Å². The average Bonchev–Trinajstić information content (AvgIpc) is 3.35. The van der Waals surface area contributed by atoms with E-state index >= 15 is 0 Å². The van der Waals surface area contributed by atoms with Crippen molar-refractivity contribution in [1.82, 2.24) is 15.8 Å². The molecule has 0 spiro atoms. The summed E-state index contributed by atoms with van der Waals surface area (Å²) in [4.78, 5) is 31.2. The van der Waals surface area contributed by atoms with E-state index in [0.29, 0.717) is 30.9 Å². The SMILES string of the molecule is CC1Cc2cc(C(=O)NNC(=O)c3csc(N4CCOCC4)n3)ccc2N1S(C)(=O)=O. The Morgan fingerprint density at radius 1 is 1.19 bits per heavy atom. The van der Waals surface area contributed by atoms with Gasteiger partial charge in [-0.25, -0.2) is 13.4 Å². The van der Waals surface area contributed by atoms with Crippen LogP contribution < -0.4 is 20.1 Å². The lowest BCUT2D eigenvalue weighted by atomic mass is 10.1. The summed E-state index contributed by atoms with van der Waals surface area (Å²) in [6.07, 6.45) is 1.68. The summed E-state index contributed by atoms with van der Waals surface area (Å²) < 4.78 is 30.7. The Bertz CT molecular complexity index is 1110. The van der Waals surface area contributed by atoms with Crippen LogP contribution in [0.15, 0.2) is 23.6 Å². The van der Waals surface area contributed by atoms with Gasteiger partial charge in [0, 0.05) is 30.1 Å². The molecule has 166 valence electrons. The molecule has 2 aromatic rings. The van der Waals surface area contributed by atoms with Gasteiger partial charge in [-0.2, -0.15) is 0 Å². The maximum absolute atomic E-state index is 12.5. The molecule has 0 saturated carbocycles. The Balaban J connectivity index is 1.39. The summed E-state index contributed by atoms with van der Waals surface area (Å²) >= 11 is 1.36. The number of anilines is 2. The molecule has 10 nitrogen and oxygen atoms in total. The second-order valence-corrected chi connectivity index (χ2v) is 10.2. The molecule has 31 heavy (non-hydrogen) atoms. The molecule has 0 radical (unpaired) electrons. The number of benzene rings is 1. The minimum atomic E-state index is -3.40. The molecule has 1 aromatic heterocycles. The number of hydrogen-bond donors (Lipinski definition) is 2. The molecule has 2 aliphatic heterocycles. The van der Waals surface area contributed by atoms with E-state index in [-0.39, 0.29) is 11.7 Å². The van der Waals surface area contributed by atoms with Crippen LogP contribution in [0, 0.1) is 0 Å². The van der Waals surface area contributed by atoms with E-state index in [2.05, 4.69) is 20.7 Å². The molecular weight excluding hydrogens is 442 g/mol. The zero-order valence-corrected chi connectivity index (χ0v) is 18.8. The molecular formula is C19H23N5O5S2. The second kappa shape index (κ2) is 8.44. The third-order valence-electron chi connectivity index (χ3n) is 5.15.